The standard InChI is InChI=1S/C14H16N2O2S/c1-2-3-12-11(13(18)16-14(19)15-12)8-9-4-6-10(17)7-5-9/h4-7,17H,2-3,8H2,1H3,(H2,15,16,18,19). The fourth-order valence-electron chi connectivity index (χ4n) is 2.03. The fourth-order valence-corrected chi connectivity index (χ4v) is 2.24. The van der Waals surface area contributed by atoms with E-state index >= 15 is 0 Å². The molecule has 0 aliphatic heterocycles. The molecule has 0 saturated carbocycles. The Morgan fingerprint density at radius 2 is 1.89 bits per heavy atom. The number of hydrogen-bond donors (Lipinski definition) is 3. The molecule has 2 rings (SSSR count). The molecular formula is C14H16N2O2S. The molecule has 3 N–H and O–H groups in total. The van der Waals surface area contributed by atoms with Gasteiger partial charge in [0.1, 0.15) is 5.75 Å². The van der Waals surface area contributed by atoms with E-state index in [0.29, 0.717) is 16.8 Å². The van der Waals surface area contributed by atoms with Crippen LogP contribution in [0.1, 0.15) is 30.2 Å². The highest BCUT2D eigenvalue weighted by molar-refractivity contribution is 7.71. The Labute approximate surface area is 116 Å². The van der Waals surface area contributed by atoms with Crippen LogP contribution in [-0.2, 0) is 12.8 Å². The molecule has 0 saturated heterocycles. The smallest absolute Gasteiger partial charge is 0.255 e. The summed E-state index contributed by atoms with van der Waals surface area (Å²) in [6.07, 6.45) is 2.26. The molecule has 0 radical (unpaired) electrons. The largest absolute Gasteiger partial charge is 0.508 e. The van der Waals surface area contributed by atoms with Gasteiger partial charge in [-0.3, -0.25) is 9.78 Å². The van der Waals surface area contributed by atoms with E-state index in [4.69, 9.17) is 12.2 Å². The third-order valence-electron chi connectivity index (χ3n) is 2.95. The van der Waals surface area contributed by atoms with Crippen molar-refractivity contribution in [1.82, 2.24) is 9.97 Å². The van der Waals surface area contributed by atoms with Crippen molar-refractivity contribution < 1.29 is 5.11 Å². The second-order valence-electron chi connectivity index (χ2n) is 4.46. The van der Waals surface area contributed by atoms with E-state index in [1.807, 2.05) is 12.1 Å². The predicted octanol–water partition coefficient (Wildman–Crippen LogP) is 2.68. The average molecular weight is 276 g/mol. The van der Waals surface area contributed by atoms with Crippen LogP contribution in [0.25, 0.3) is 0 Å². The normalized spacial score (nSPS) is 10.6. The van der Waals surface area contributed by atoms with Gasteiger partial charge in [-0.25, -0.2) is 0 Å². The van der Waals surface area contributed by atoms with E-state index in [0.717, 1.165) is 24.1 Å². The molecule has 19 heavy (non-hydrogen) atoms. The average Bonchev–Trinajstić information content (AvgIpc) is 2.36. The first kappa shape index (κ1) is 13.5. The van der Waals surface area contributed by atoms with Crippen LogP contribution >= 0.6 is 12.2 Å². The minimum absolute atomic E-state index is 0.139. The Morgan fingerprint density at radius 1 is 1.21 bits per heavy atom. The van der Waals surface area contributed by atoms with E-state index in [2.05, 4.69) is 16.9 Å². The van der Waals surface area contributed by atoms with Crippen LogP contribution in [0.15, 0.2) is 29.1 Å². The number of nitrogens with one attached hydrogen (secondary N) is 2. The molecule has 0 bridgehead atoms. The maximum Gasteiger partial charge on any atom is 0.255 e. The summed E-state index contributed by atoms with van der Waals surface area (Å²) in [6.45, 7) is 2.06. The summed E-state index contributed by atoms with van der Waals surface area (Å²) in [4.78, 5) is 17.7. The summed E-state index contributed by atoms with van der Waals surface area (Å²) in [6, 6.07) is 6.86. The Balaban J connectivity index is 2.41. The lowest BCUT2D eigenvalue weighted by atomic mass is 10.0. The molecular weight excluding hydrogens is 260 g/mol. The molecule has 4 nitrogen and oxygen atoms in total. The van der Waals surface area contributed by atoms with Crippen molar-refractivity contribution in [2.24, 2.45) is 0 Å². The predicted molar refractivity (Wildman–Crippen MR) is 77.2 cm³/mol. The number of hydrogen-bond acceptors (Lipinski definition) is 3. The van der Waals surface area contributed by atoms with Crippen LogP contribution < -0.4 is 5.56 Å². The van der Waals surface area contributed by atoms with Crippen LogP contribution in [-0.4, -0.2) is 15.1 Å². The maximum absolute atomic E-state index is 12.0. The van der Waals surface area contributed by atoms with Crippen molar-refractivity contribution in [2.45, 2.75) is 26.2 Å². The van der Waals surface area contributed by atoms with Gasteiger partial charge < -0.3 is 10.1 Å². The highest BCUT2D eigenvalue weighted by atomic mass is 32.1. The number of H-pyrrole nitrogens is 2. The summed E-state index contributed by atoms with van der Waals surface area (Å²) in [5.74, 6) is 0.221. The van der Waals surface area contributed by atoms with Gasteiger partial charge >= 0.3 is 0 Å². The van der Waals surface area contributed by atoms with Crippen LogP contribution in [0.2, 0.25) is 0 Å². The first-order valence-electron chi connectivity index (χ1n) is 6.22. The Morgan fingerprint density at radius 3 is 2.53 bits per heavy atom. The molecule has 1 heterocycles. The van der Waals surface area contributed by atoms with Gasteiger partial charge in [-0.2, -0.15) is 0 Å². The van der Waals surface area contributed by atoms with E-state index < -0.39 is 0 Å². The molecule has 0 atom stereocenters. The highest BCUT2D eigenvalue weighted by Gasteiger charge is 2.08. The van der Waals surface area contributed by atoms with Crippen molar-refractivity contribution in [2.75, 3.05) is 0 Å². The van der Waals surface area contributed by atoms with Crippen molar-refractivity contribution in [3.63, 3.8) is 0 Å². The fraction of sp³-hybridized carbons (Fsp3) is 0.286. The van der Waals surface area contributed by atoms with E-state index in [1.165, 1.54) is 0 Å². The van der Waals surface area contributed by atoms with Crippen LogP contribution in [0.5, 0.6) is 5.75 Å². The van der Waals surface area contributed by atoms with Crippen LogP contribution in [0, 0.1) is 4.77 Å². The Hall–Kier alpha value is -1.88. The molecule has 0 fully saturated rings. The molecule has 5 heteroatoms. The highest BCUT2D eigenvalue weighted by Crippen LogP contribution is 2.14. The van der Waals surface area contributed by atoms with Crippen LogP contribution in [0.4, 0.5) is 0 Å². The zero-order valence-corrected chi connectivity index (χ0v) is 11.5. The zero-order valence-electron chi connectivity index (χ0n) is 10.7. The second-order valence-corrected chi connectivity index (χ2v) is 4.87. The number of phenolic OH excluding ortho intramolecular Hbond substituents is 1. The number of aromatic amines is 2. The third-order valence-corrected chi connectivity index (χ3v) is 3.15. The van der Waals surface area contributed by atoms with Gasteiger partial charge in [0.2, 0.25) is 0 Å². The van der Waals surface area contributed by atoms with E-state index in [1.54, 1.807) is 12.1 Å². The number of aryl methyl sites for hydroxylation is 1. The van der Waals surface area contributed by atoms with Crippen molar-refractivity contribution in [1.29, 1.82) is 0 Å². The minimum Gasteiger partial charge on any atom is -0.508 e. The first-order chi connectivity index (χ1) is 9.10. The van der Waals surface area contributed by atoms with Crippen molar-refractivity contribution in [3.8, 4) is 5.75 Å². The van der Waals surface area contributed by atoms with Crippen LogP contribution in [0.3, 0.4) is 0 Å². The molecule has 1 aromatic carbocycles. The summed E-state index contributed by atoms with van der Waals surface area (Å²) in [7, 11) is 0. The Kier molecular flexibility index (Phi) is 4.16. The van der Waals surface area contributed by atoms with Crippen molar-refractivity contribution >= 4 is 12.2 Å². The minimum atomic E-state index is -0.139. The van der Waals surface area contributed by atoms with Gasteiger partial charge in [0.25, 0.3) is 5.56 Å². The number of aromatic hydroxyl groups is 1. The van der Waals surface area contributed by atoms with E-state index in [-0.39, 0.29) is 11.3 Å². The number of benzene rings is 1. The lowest BCUT2D eigenvalue weighted by Crippen LogP contribution is -2.18. The molecule has 1 aromatic heterocycles. The van der Waals surface area contributed by atoms with Gasteiger partial charge in [-0.15, -0.1) is 0 Å². The van der Waals surface area contributed by atoms with Crippen molar-refractivity contribution in [3.05, 3.63) is 56.2 Å². The number of phenols is 1. The molecule has 0 unspecified atom stereocenters. The topological polar surface area (TPSA) is 68.9 Å². The summed E-state index contributed by atoms with van der Waals surface area (Å²) < 4.78 is 0.364. The van der Waals surface area contributed by atoms with Gasteiger partial charge in [0.05, 0.1) is 0 Å². The molecule has 0 amide bonds. The molecule has 0 aliphatic rings. The molecule has 0 spiro atoms. The SMILES string of the molecule is CCCc1[nH]c(=S)[nH]c(=O)c1Cc1ccc(O)cc1. The quantitative estimate of drug-likeness (QED) is 0.752. The lowest BCUT2D eigenvalue weighted by Gasteiger charge is -2.08. The molecule has 100 valence electrons. The Bertz CT molecular complexity index is 671. The van der Waals surface area contributed by atoms with E-state index in [9.17, 15) is 9.90 Å². The number of aromatic nitrogens is 2. The van der Waals surface area contributed by atoms with Gasteiger partial charge in [0.15, 0.2) is 4.77 Å². The lowest BCUT2D eigenvalue weighted by molar-refractivity contribution is 0.475. The molecule has 0 aliphatic carbocycles. The second kappa shape index (κ2) is 5.84. The maximum atomic E-state index is 12.0. The number of rotatable bonds is 4. The third kappa shape index (κ3) is 3.32. The summed E-state index contributed by atoms with van der Waals surface area (Å²) in [5.41, 5.74) is 2.44. The summed E-state index contributed by atoms with van der Waals surface area (Å²) >= 11 is 5.00. The van der Waals surface area contributed by atoms with Gasteiger partial charge in [0, 0.05) is 17.7 Å². The monoisotopic (exact) mass is 276 g/mol. The summed E-state index contributed by atoms with van der Waals surface area (Å²) in [5, 5.41) is 9.26. The molecule has 2 aromatic rings. The van der Waals surface area contributed by atoms with Gasteiger partial charge in [-0.1, -0.05) is 25.5 Å². The first-order valence-corrected chi connectivity index (χ1v) is 6.63. The zero-order chi connectivity index (χ0) is 13.8. The van der Waals surface area contributed by atoms with Gasteiger partial charge in [-0.05, 0) is 36.3 Å².